The maximum Gasteiger partial charge on any atom is 0.251 e. The third-order valence-electron chi connectivity index (χ3n) is 4.72. The third kappa shape index (κ3) is 6.61. The highest BCUT2D eigenvalue weighted by molar-refractivity contribution is 5.97. The summed E-state index contributed by atoms with van der Waals surface area (Å²) in [5, 5.41) is 5.84. The first-order valence-electron chi connectivity index (χ1n) is 9.97. The third-order valence-corrected chi connectivity index (χ3v) is 4.72. The topological polar surface area (TPSA) is 58.2 Å². The Labute approximate surface area is 172 Å². The fourth-order valence-electron chi connectivity index (χ4n) is 3.08. The van der Waals surface area contributed by atoms with Crippen LogP contribution in [0.25, 0.3) is 0 Å². The summed E-state index contributed by atoms with van der Waals surface area (Å²) >= 11 is 0. The molecule has 0 saturated carbocycles. The highest BCUT2D eigenvalue weighted by Gasteiger charge is 2.08. The van der Waals surface area contributed by atoms with Gasteiger partial charge in [-0.2, -0.15) is 0 Å². The van der Waals surface area contributed by atoms with Gasteiger partial charge >= 0.3 is 0 Å². The van der Waals surface area contributed by atoms with Gasteiger partial charge in [-0.1, -0.05) is 60.7 Å². The van der Waals surface area contributed by atoms with Crippen LogP contribution >= 0.6 is 0 Å². The average molecular weight is 386 g/mol. The van der Waals surface area contributed by atoms with Crippen LogP contribution < -0.4 is 10.6 Å². The number of carbonyl (C=O) groups is 2. The molecular weight excluding hydrogens is 360 g/mol. The zero-order chi connectivity index (χ0) is 20.3. The van der Waals surface area contributed by atoms with Crippen LogP contribution in [0, 0.1) is 0 Å². The van der Waals surface area contributed by atoms with Crippen LogP contribution in [0.4, 0.5) is 0 Å². The highest BCUT2D eigenvalue weighted by Crippen LogP contribution is 2.06. The molecule has 3 rings (SSSR count). The van der Waals surface area contributed by atoms with Crippen LogP contribution in [0.15, 0.2) is 84.9 Å². The quantitative estimate of drug-likeness (QED) is 0.546. The maximum atomic E-state index is 12.3. The molecule has 0 atom stereocenters. The average Bonchev–Trinajstić information content (AvgIpc) is 2.78. The van der Waals surface area contributed by atoms with Gasteiger partial charge in [-0.05, 0) is 54.7 Å². The summed E-state index contributed by atoms with van der Waals surface area (Å²) in [6.45, 7) is 1.20. The monoisotopic (exact) mass is 386 g/mol. The summed E-state index contributed by atoms with van der Waals surface area (Å²) in [5.74, 6) is -0.246. The first-order chi connectivity index (χ1) is 14.2. The van der Waals surface area contributed by atoms with Crippen LogP contribution in [0.2, 0.25) is 0 Å². The molecule has 0 radical (unpaired) electrons. The van der Waals surface area contributed by atoms with Crippen LogP contribution in [-0.2, 0) is 12.8 Å². The van der Waals surface area contributed by atoms with Crippen molar-refractivity contribution in [3.05, 3.63) is 107 Å². The number of benzene rings is 3. The molecule has 0 saturated heterocycles. The number of hydrogen-bond acceptors (Lipinski definition) is 2. The molecule has 0 aliphatic rings. The fraction of sp³-hybridized carbons (Fsp3) is 0.200. The van der Waals surface area contributed by atoms with Gasteiger partial charge in [-0.15, -0.1) is 0 Å². The highest BCUT2D eigenvalue weighted by atomic mass is 16.2. The zero-order valence-corrected chi connectivity index (χ0v) is 16.4. The summed E-state index contributed by atoms with van der Waals surface area (Å²) in [7, 11) is 0. The Kier molecular flexibility index (Phi) is 7.58. The van der Waals surface area contributed by atoms with Gasteiger partial charge in [0.1, 0.15) is 0 Å². The Morgan fingerprint density at radius 1 is 0.552 bits per heavy atom. The molecule has 3 aromatic rings. The van der Waals surface area contributed by atoms with Gasteiger partial charge < -0.3 is 10.6 Å². The first kappa shape index (κ1) is 20.3. The van der Waals surface area contributed by atoms with Crippen molar-refractivity contribution in [2.75, 3.05) is 13.1 Å². The van der Waals surface area contributed by atoms with E-state index in [-0.39, 0.29) is 11.8 Å². The van der Waals surface area contributed by atoms with Gasteiger partial charge in [0.05, 0.1) is 0 Å². The van der Waals surface area contributed by atoms with E-state index in [0.717, 1.165) is 19.3 Å². The van der Waals surface area contributed by atoms with Gasteiger partial charge in [-0.25, -0.2) is 0 Å². The molecule has 0 aliphatic carbocycles. The van der Waals surface area contributed by atoms with E-state index in [9.17, 15) is 9.59 Å². The van der Waals surface area contributed by atoms with Crippen molar-refractivity contribution in [2.45, 2.75) is 19.3 Å². The lowest BCUT2D eigenvalue weighted by Gasteiger charge is -2.08. The molecule has 0 unspecified atom stereocenters. The van der Waals surface area contributed by atoms with Crippen molar-refractivity contribution < 1.29 is 9.59 Å². The van der Waals surface area contributed by atoms with Crippen LogP contribution in [0.3, 0.4) is 0 Å². The molecule has 0 heterocycles. The number of aryl methyl sites for hydroxylation is 1. The summed E-state index contributed by atoms with van der Waals surface area (Å²) in [5.41, 5.74) is 3.57. The van der Waals surface area contributed by atoms with E-state index in [1.807, 2.05) is 48.5 Å². The minimum atomic E-state index is -0.129. The Bertz CT molecular complexity index is 907. The Morgan fingerprint density at radius 2 is 1.00 bits per heavy atom. The number of nitrogens with one attached hydrogen (secondary N) is 2. The van der Waals surface area contributed by atoms with Crippen LogP contribution in [0.5, 0.6) is 0 Å². The van der Waals surface area contributed by atoms with Crippen molar-refractivity contribution >= 4 is 11.8 Å². The van der Waals surface area contributed by atoms with Crippen molar-refractivity contribution in [3.63, 3.8) is 0 Å². The summed E-state index contributed by atoms with van der Waals surface area (Å²) in [6, 6.07) is 27.0. The molecule has 148 valence electrons. The number of carbonyl (C=O) groups excluding carboxylic acids is 2. The van der Waals surface area contributed by atoms with E-state index in [1.165, 1.54) is 11.1 Å². The van der Waals surface area contributed by atoms with Crippen molar-refractivity contribution in [1.29, 1.82) is 0 Å². The molecule has 4 heteroatoms. The summed E-state index contributed by atoms with van der Waals surface area (Å²) < 4.78 is 0. The molecule has 0 aromatic heterocycles. The molecule has 0 bridgehead atoms. The van der Waals surface area contributed by atoms with E-state index in [4.69, 9.17) is 0 Å². The van der Waals surface area contributed by atoms with Crippen LogP contribution in [-0.4, -0.2) is 24.9 Å². The standard InChI is InChI=1S/C25H26N2O2/c28-24(26-18-7-12-20-8-3-1-4-9-20)22-13-15-23(16-14-22)25(29)27-19-17-21-10-5-2-6-11-21/h1-6,8-11,13-16H,7,12,17-19H2,(H,26,28)(H,27,29). The molecule has 0 fully saturated rings. The molecule has 2 amide bonds. The van der Waals surface area contributed by atoms with Gasteiger partial charge in [-0.3, -0.25) is 9.59 Å². The Morgan fingerprint density at radius 3 is 1.52 bits per heavy atom. The van der Waals surface area contributed by atoms with E-state index >= 15 is 0 Å². The number of hydrogen-bond donors (Lipinski definition) is 2. The lowest BCUT2D eigenvalue weighted by Crippen LogP contribution is -2.26. The van der Waals surface area contributed by atoms with Gasteiger partial charge in [0, 0.05) is 24.2 Å². The summed E-state index contributed by atoms with van der Waals surface area (Å²) in [4.78, 5) is 24.5. The predicted octanol–water partition coefficient (Wildman–Crippen LogP) is 4.02. The van der Waals surface area contributed by atoms with Crippen molar-refractivity contribution in [3.8, 4) is 0 Å². The minimum Gasteiger partial charge on any atom is -0.352 e. The Hall–Kier alpha value is -3.40. The minimum absolute atomic E-state index is 0.117. The molecule has 29 heavy (non-hydrogen) atoms. The van der Waals surface area contributed by atoms with E-state index < -0.39 is 0 Å². The SMILES string of the molecule is O=C(NCCCc1ccccc1)c1ccc(C(=O)NCCc2ccccc2)cc1. The van der Waals surface area contributed by atoms with Crippen molar-refractivity contribution in [2.24, 2.45) is 0 Å². The van der Waals surface area contributed by atoms with E-state index in [1.54, 1.807) is 24.3 Å². The normalized spacial score (nSPS) is 10.3. The van der Waals surface area contributed by atoms with Gasteiger partial charge in [0.15, 0.2) is 0 Å². The lowest BCUT2D eigenvalue weighted by molar-refractivity contribution is 0.0941. The number of rotatable bonds is 9. The second kappa shape index (κ2) is 10.8. The largest absolute Gasteiger partial charge is 0.352 e. The smallest absolute Gasteiger partial charge is 0.251 e. The molecule has 4 nitrogen and oxygen atoms in total. The van der Waals surface area contributed by atoms with Gasteiger partial charge in [0.2, 0.25) is 0 Å². The number of amides is 2. The summed E-state index contributed by atoms with van der Waals surface area (Å²) in [6.07, 6.45) is 2.61. The lowest BCUT2D eigenvalue weighted by atomic mass is 10.1. The second-order valence-corrected chi connectivity index (χ2v) is 6.91. The van der Waals surface area contributed by atoms with Gasteiger partial charge in [0.25, 0.3) is 11.8 Å². The molecule has 0 aliphatic heterocycles. The van der Waals surface area contributed by atoms with Crippen LogP contribution in [0.1, 0.15) is 38.3 Å². The molecule has 2 N–H and O–H groups in total. The predicted molar refractivity (Wildman–Crippen MR) is 116 cm³/mol. The fourth-order valence-corrected chi connectivity index (χ4v) is 3.08. The maximum absolute atomic E-state index is 12.3. The first-order valence-corrected chi connectivity index (χ1v) is 9.97. The molecule has 0 spiro atoms. The zero-order valence-electron chi connectivity index (χ0n) is 16.4. The van der Waals surface area contributed by atoms with E-state index in [2.05, 4.69) is 22.8 Å². The second-order valence-electron chi connectivity index (χ2n) is 6.91. The van der Waals surface area contributed by atoms with E-state index in [0.29, 0.717) is 24.2 Å². The van der Waals surface area contributed by atoms with Crippen molar-refractivity contribution in [1.82, 2.24) is 10.6 Å². The molecular formula is C25H26N2O2. The molecule has 3 aromatic carbocycles. The Balaban J connectivity index is 1.40.